The molecule has 0 fully saturated rings. The van der Waals surface area contributed by atoms with Crippen LogP contribution in [0.15, 0.2) is 51.1 Å². The summed E-state index contributed by atoms with van der Waals surface area (Å²) in [7, 11) is -1.63. The zero-order valence-corrected chi connectivity index (χ0v) is 12.6. The molecule has 1 aliphatic rings. The minimum Gasteiger partial charge on any atom is -0.497 e. The Balaban J connectivity index is 2.13. The van der Waals surface area contributed by atoms with Crippen LogP contribution < -0.4 is 10.1 Å². The Hall–Kier alpha value is -1.66. The summed E-state index contributed by atoms with van der Waals surface area (Å²) in [6, 6.07) is 10.9. The van der Waals surface area contributed by atoms with Crippen LogP contribution in [0.2, 0.25) is 0 Å². The minimum atomic E-state index is -3.25. The number of methoxy groups -OCH3 is 1. The lowest BCUT2D eigenvalue weighted by Gasteiger charge is -2.22. The van der Waals surface area contributed by atoms with Crippen molar-refractivity contribution < 1.29 is 13.2 Å². The van der Waals surface area contributed by atoms with Gasteiger partial charge in [-0.3, -0.25) is 0 Å². The molecule has 1 heterocycles. The van der Waals surface area contributed by atoms with Gasteiger partial charge in [0.2, 0.25) is 0 Å². The Bertz CT molecular complexity index is 785. The smallest absolute Gasteiger partial charge is 0.176 e. The molecule has 0 spiro atoms. The normalized spacial score (nSPS) is 13.1. The third kappa shape index (κ3) is 2.25. The van der Waals surface area contributed by atoms with Crippen LogP contribution in [0.5, 0.6) is 5.75 Å². The first-order valence-electron chi connectivity index (χ1n) is 5.95. The Labute approximate surface area is 122 Å². The van der Waals surface area contributed by atoms with Gasteiger partial charge >= 0.3 is 0 Å². The number of rotatable bonds is 2. The maximum absolute atomic E-state index is 11.9. The number of fused-ring (bicyclic) bond motifs is 2. The van der Waals surface area contributed by atoms with Gasteiger partial charge in [-0.1, -0.05) is 17.8 Å². The predicted octanol–water partition coefficient (Wildman–Crippen LogP) is 3.31. The first-order valence-corrected chi connectivity index (χ1v) is 8.66. The second-order valence-corrected chi connectivity index (χ2v) is 7.53. The van der Waals surface area contributed by atoms with Gasteiger partial charge in [-0.2, -0.15) is 0 Å². The fourth-order valence-corrected chi connectivity index (χ4v) is 4.41. The fraction of sp³-hybridized carbons (Fsp3) is 0.143. The van der Waals surface area contributed by atoms with Crippen molar-refractivity contribution in [2.75, 3.05) is 18.7 Å². The number of hydrogen-bond acceptors (Lipinski definition) is 5. The van der Waals surface area contributed by atoms with Gasteiger partial charge in [0.25, 0.3) is 0 Å². The molecule has 2 aromatic carbocycles. The van der Waals surface area contributed by atoms with Gasteiger partial charge in [0.15, 0.2) is 9.84 Å². The van der Waals surface area contributed by atoms with E-state index >= 15 is 0 Å². The van der Waals surface area contributed by atoms with Crippen molar-refractivity contribution in [2.45, 2.75) is 14.7 Å². The van der Waals surface area contributed by atoms with E-state index < -0.39 is 9.84 Å². The highest BCUT2D eigenvalue weighted by molar-refractivity contribution is 8.00. The standard InChI is InChI=1S/C14H13NO3S2/c1-18-9-6-7-12-11(8-9)15-10-4-3-5-13(14(10)19-12)20(2,16)17/h3-8,15H,1-2H3. The Morgan fingerprint density at radius 2 is 1.95 bits per heavy atom. The summed E-state index contributed by atoms with van der Waals surface area (Å²) in [5, 5.41) is 3.26. The fourth-order valence-electron chi connectivity index (χ4n) is 2.09. The number of sulfone groups is 1. The second-order valence-electron chi connectivity index (χ2n) is 4.49. The Morgan fingerprint density at radius 3 is 2.65 bits per heavy atom. The Morgan fingerprint density at radius 1 is 1.15 bits per heavy atom. The number of ether oxygens (including phenoxy) is 1. The van der Waals surface area contributed by atoms with Crippen molar-refractivity contribution in [2.24, 2.45) is 0 Å². The molecule has 6 heteroatoms. The van der Waals surface area contributed by atoms with Crippen LogP contribution in [-0.2, 0) is 9.84 Å². The Kier molecular flexibility index (Phi) is 3.14. The highest BCUT2D eigenvalue weighted by Gasteiger charge is 2.23. The number of hydrogen-bond donors (Lipinski definition) is 1. The summed E-state index contributed by atoms with van der Waals surface area (Å²) >= 11 is 1.46. The maximum atomic E-state index is 11.9. The highest BCUT2D eigenvalue weighted by atomic mass is 32.2. The van der Waals surface area contributed by atoms with Crippen LogP contribution in [0.1, 0.15) is 0 Å². The van der Waals surface area contributed by atoms with Crippen LogP contribution in [-0.4, -0.2) is 21.8 Å². The molecule has 1 N–H and O–H groups in total. The molecular formula is C14H13NO3S2. The van der Waals surface area contributed by atoms with E-state index in [9.17, 15) is 8.42 Å². The predicted molar refractivity (Wildman–Crippen MR) is 80.0 cm³/mol. The highest BCUT2D eigenvalue weighted by Crippen LogP contribution is 2.47. The topological polar surface area (TPSA) is 55.4 Å². The van der Waals surface area contributed by atoms with E-state index in [-0.39, 0.29) is 0 Å². The van der Waals surface area contributed by atoms with Crippen molar-refractivity contribution >= 4 is 33.0 Å². The first kappa shape index (κ1) is 13.3. The van der Waals surface area contributed by atoms with E-state index in [0.717, 1.165) is 26.9 Å². The van der Waals surface area contributed by atoms with Crippen molar-refractivity contribution in [1.82, 2.24) is 0 Å². The number of anilines is 2. The summed E-state index contributed by atoms with van der Waals surface area (Å²) < 4.78 is 28.9. The molecule has 2 aromatic rings. The van der Waals surface area contributed by atoms with Crippen LogP contribution in [0.25, 0.3) is 0 Å². The number of benzene rings is 2. The summed E-state index contributed by atoms with van der Waals surface area (Å²) in [4.78, 5) is 2.08. The van der Waals surface area contributed by atoms with Crippen molar-refractivity contribution in [3.63, 3.8) is 0 Å². The molecule has 0 saturated heterocycles. The van der Waals surface area contributed by atoms with E-state index in [4.69, 9.17) is 4.74 Å². The molecule has 0 amide bonds. The summed E-state index contributed by atoms with van der Waals surface area (Å²) in [6.07, 6.45) is 1.23. The molecule has 0 bridgehead atoms. The monoisotopic (exact) mass is 307 g/mol. The molecule has 4 nitrogen and oxygen atoms in total. The second kappa shape index (κ2) is 4.71. The van der Waals surface area contributed by atoms with E-state index in [1.165, 1.54) is 18.0 Å². The molecule has 0 radical (unpaired) electrons. The van der Waals surface area contributed by atoms with E-state index in [2.05, 4.69) is 5.32 Å². The third-order valence-electron chi connectivity index (χ3n) is 3.05. The molecule has 3 rings (SSSR count). The van der Waals surface area contributed by atoms with Gasteiger partial charge in [-0.15, -0.1) is 0 Å². The van der Waals surface area contributed by atoms with Crippen LogP contribution in [0.4, 0.5) is 11.4 Å². The SMILES string of the molecule is COc1ccc2c(c1)Nc1cccc(S(C)(=O)=O)c1S2. The zero-order chi connectivity index (χ0) is 14.3. The van der Waals surface area contributed by atoms with Gasteiger partial charge in [-0.25, -0.2) is 8.42 Å². The first-order chi connectivity index (χ1) is 9.49. The van der Waals surface area contributed by atoms with E-state index in [1.54, 1.807) is 19.2 Å². The van der Waals surface area contributed by atoms with E-state index in [1.807, 2.05) is 24.3 Å². The van der Waals surface area contributed by atoms with Gasteiger partial charge in [0, 0.05) is 17.2 Å². The van der Waals surface area contributed by atoms with Gasteiger partial charge in [-0.05, 0) is 24.3 Å². The quantitative estimate of drug-likeness (QED) is 0.787. The van der Waals surface area contributed by atoms with Crippen molar-refractivity contribution in [3.8, 4) is 5.75 Å². The van der Waals surface area contributed by atoms with E-state index in [0.29, 0.717) is 4.90 Å². The van der Waals surface area contributed by atoms with Crippen LogP contribution in [0.3, 0.4) is 0 Å². The minimum absolute atomic E-state index is 0.356. The number of nitrogens with one attached hydrogen (secondary N) is 1. The zero-order valence-electron chi connectivity index (χ0n) is 11.0. The lowest BCUT2D eigenvalue weighted by atomic mass is 10.2. The average molecular weight is 307 g/mol. The van der Waals surface area contributed by atoms with Gasteiger partial charge < -0.3 is 10.1 Å². The largest absolute Gasteiger partial charge is 0.497 e. The molecular weight excluding hydrogens is 294 g/mol. The molecule has 0 aliphatic carbocycles. The summed E-state index contributed by atoms with van der Waals surface area (Å²) in [5.74, 6) is 0.763. The van der Waals surface area contributed by atoms with Gasteiger partial charge in [0.1, 0.15) is 5.75 Å². The molecule has 104 valence electrons. The molecule has 0 aromatic heterocycles. The van der Waals surface area contributed by atoms with Gasteiger partial charge in [0.05, 0.1) is 28.3 Å². The van der Waals surface area contributed by atoms with Crippen LogP contribution in [0, 0.1) is 0 Å². The lowest BCUT2D eigenvalue weighted by molar-refractivity contribution is 0.414. The summed E-state index contributed by atoms with van der Waals surface area (Å²) in [6.45, 7) is 0. The van der Waals surface area contributed by atoms with Crippen molar-refractivity contribution in [3.05, 3.63) is 36.4 Å². The van der Waals surface area contributed by atoms with Crippen molar-refractivity contribution in [1.29, 1.82) is 0 Å². The third-order valence-corrected chi connectivity index (χ3v) is 5.53. The maximum Gasteiger partial charge on any atom is 0.176 e. The molecule has 0 saturated carbocycles. The molecule has 0 unspecified atom stereocenters. The lowest BCUT2D eigenvalue weighted by Crippen LogP contribution is -2.06. The molecule has 1 aliphatic heterocycles. The summed E-state index contributed by atoms with van der Waals surface area (Å²) in [5.41, 5.74) is 1.73. The molecule has 0 atom stereocenters. The average Bonchev–Trinajstić information content (AvgIpc) is 2.42. The molecule has 20 heavy (non-hydrogen) atoms. The van der Waals surface area contributed by atoms with Crippen LogP contribution >= 0.6 is 11.8 Å².